The van der Waals surface area contributed by atoms with Crippen molar-refractivity contribution >= 4 is 55.8 Å². The van der Waals surface area contributed by atoms with Gasteiger partial charge in [-0.1, -0.05) is 35.3 Å². The van der Waals surface area contributed by atoms with Crippen molar-refractivity contribution < 1.29 is 22.7 Å². The predicted octanol–water partition coefficient (Wildman–Crippen LogP) is 4.50. The van der Waals surface area contributed by atoms with Crippen molar-refractivity contribution in [2.75, 3.05) is 44.1 Å². The minimum atomic E-state index is -2.94. The van der Waals surface area contributed by atoms with Crippen molar-refractivity contribution in [1.29, 1.82) is 0 Å². The molecule has 0 saturated carbocycles. The van der Waals surface area contributed by atoms with Gasteiger partial charge < -0.3 is 14.8 Å². The summed E-state index contributed by atoms with van der Waals surface area (Å²) in [4.78, 5) is 28.6. The number of benzene rings is 2. The second-order valence-corrected chi connectivity index (χ2v) is 12.2. The third-order valence-corrected chi connectivity index (χ3v) is 8.98. The molecule has 3 heterocycles. The molecule has 0 aliphatic carbocycles. The zero-order valence-electron chi connectivity index (χ0n) is 21.6. The van der Waals surface area contributed by atoms with Crippen LogP contribution in [0.25, 0.3) is 22.2 Å². The fraction of sp³-hybridized carbons (Fsp3) is 0.259. The van der Waals surface area contributed by atoms with Crippen LogP contribution in [-0.4, -0.2) is 73.0 Å². The summed E-state index contributed by atoms with van der Waals surface area (Å²) in [6.45, 7) is 1.56. The molecule has 1 saturated heterocycles. The number of nitrogens with one attached hydrogen (secondary N) is 1. The van der Waals surface area contributed by atoms with Gasteiger partial charge in [-0.2, -0.15) is 0 Å². The first-order valence-corrected chi connectivity index (χ1v) is 14.8. The van der Waals surface area contributed by atoms with Crippen LogP contribution in [0.1, 0.15) is 15.9 Å². The van der Waals surface area contributed by atoms with E-state index in [0.717, 1.165) is 5.56 Å². The number of anilines is 1. The van der Waals surface area contributed by atoms with Gasteiger partial charge in [0, 0.05) is 55.4 Å². The number of aromatic nitrogens is 3. The minimum absolute atomic E-state index is 0.161. The number of amides is 1. The topological polar surface area (TPSA) is 124 Å². The van der Waals surface area contributed by atoms with E-state index in [-0.39, 0.29) is 27.1 Å². The molecule has 0 unspecified atom stereocenters. The zero-order valence-corrected chi connectivity index (χ0v) is 24.0. The van der Waals surface area contributed by atoms with E-state index in [4.69, 9.17) is 32.7 Å². The number of nitrogens with zero attached hydrogens (tertiary/aromatic N) is 4. The fourth-order valence-corrected chi connectivity index (χ4v) is 6.49. The van der Waals surface area contributed by atoms with Crippen molar-refractivity contribution in [2.24, 2.45) is 0 Å². The Kier molecular flexibility index (Phi) is 8.09. The van der Waals surface area contributed by atoms with Crippen LogP contribution in [0.3, 0.4) is 0 Å². The maximum Gasteiger partial charge on any atom is 0.259 e. The summed E-state index contributed by atoms with van der Waals surface area (Å²) in [6.07, 6.45) is 4.68. The summed E-state index contributed by atoms with van der Waals surface area (Å²) in [5.41, 5.74) is 2.97. The maximum atomic E-state index is 13.3. The Morgan fingerprint density at radius 2 is 1.60 bits per heavy atom. The Hall–Kier alpha value is -3.51. The Bertz CT molecular complexity index is 1660. The number of hydrogen-bond donors (Lipinski definition) is 1. The van der Waals surface area contributed by atoms with Crippen molar-refractivity contribution in [3.8, 4) is 22.6 Å². The molecule has 1 fully saturated rings. The van der Waals surface area contributed by atoms with Gasteiger partial charge in [0.1, 0.15) is 22.8 Å². The largest absolute Gasteiger partial charge is 0.495 e. The molecule has 1 N–H and O–H groups in total. The number of hydrogen-bond acceptors (Lipinski definition) is 9. The van der Waals surface area contributed by atoms with E-state index in [2.05, 4.69) is 25.2 Å². The monoisotopic (exact) mass is 601 g/mol. The number of fused-ring (bicyclic) bond motifs is 1. The van der Waals surface area contributed by atoms with E-state index in [9.17, 15) is 13.2 Å². The maximum absolute atomic E-state index is 13.3. The second-order valence-electron chi connectivity index (χ2n) is 9.13. The third-order valence-electron chi connectivity index (χ3n) is 6.62. The van der Waals surface area contributed by atoms with E-state index in [1.807, 2.05) is 6.07 Å². The molecule has 1 amide bonds. The molecular formula is C27H25Cl2N5O5S. The zero-order chi connectivity index (χ0) is 28.4. The lowest BCUT2D eigenvalue weighted by molar-refractivity contribution is 0.102. The molecule has 5 rings (SSSR count). The summed E-state index contributed by atoms with van der Waals surface area (Å²) in [6, 6.07) is 8.48. The Labute approximate surface area is 241 Å². The van der Waals surface area contributed by atoms with Crippen LogP contribution in [0.5, 0.6) is 11.5 Å². The van der Waals surface area contributed by atoms with Gasteiger partial charge in [0.2, 0.25) is 0 Å². The smallest absolute Gasteiger partial charge is 0.259 e. The van der Waals surface area contributed by atoms with Crippen LogP contribution in [-0.2, 0) is 16.4 Å². The van der Waals surface area contributed by atoms with Crippen LogP contribution < -0.4 is 14.8 Å². The highest BCUT2D eigenvalue weighted by molar-refractivity contribution is 7.91. The van der Waals surface area contributed by atoms with Crippen LogP contribution in [0, 0.1) is 0 Å². The summed E-state index contributed by atoms with van der Waals surface area (Å²) < 4.78 is 34.1. The van der Waals surface area contributed by atoms with Crippen molar-refractivity contribution in [1.82, 2.24) is 19.9 Å². The van der Waals surface area contributed by atoms with E-state index in [0.29, 0.717) is 59.1 Å². The molecule has 13 heteroatoms. The fourth-order valence-electron chi connectivity index (χ4n) is 4.51. The Morgan fingerprint density at radius 3 is 2.20 bits per heavy atom. The van der Waals surface area contributed by atoms with E-state index in [1.165, 1.54) is 26.6 Å². The molecule has 10 nitrogen and oxygen atoms in total. The van der Waals surface area contributed by atoms with E-state index >= 15 is 0 Å². The lowest BCUT2D eigenvalue weighted by Crippen LogP contribution is -2.39. The second kappa shape index (κ2) is 11.5. The third kappa shape index (κ3) is 5.68. The Balaban J connectivity index is 1.41. The molecule has 1 aliphatic heterocycles. The number of sulfone groups is 1. The number of halogens is 2. The number of pyridine rings is 1. The van der Waals surface area contributed by atoms with Gasteiger partial charge in [0.25, 0.3) is 5.91 Å². The molecule has 1 aliphatic rings. The normalized spacial score (nSPS) is 15.1. The molecule has 4 aromatic rings. The van der Waals surface area contributed by atoms with Gasteiger partial charge in [0.15, 0.2) is 9.84 Å². The average molecular weight is 603 g/mol. The highest BCUT2D eigenvalue weighted by atomic mass is 35.5. The number of rotatable bonds is 7. The highest BCUT2D eigenvalue weighted by Gasteiger charge is 2.24. The van der Waals surface area contributed by atoms with E-state index < -0.39 is 15.7 Å². The van der Waals surface area contributed by atoms with Gasteiger partial charge in [-0.15, -0.1) is 0 Å². The molecule has 40 heavy (non-hydrogen) atoms. The first-order chi connectivity index (χ1) is 19.2. The Morgan fingerprint density at radius 1 is 0.950 bits per heavy atom. The van der Waals surface area contributed by atoms with Crippen molar-refractivity contribution in [3.05, 3.63) is 70.1 Å². The van der Waals surface area contributed by atoms with Gasteiger partial charge in [-0.3, -0.25) is 19.7 Å². The summed E-state index contributed by atoms with van der Waals surface area (Å²) >= 11 is 13.3. The number of carbonyl (C=O) groups excluding carboxylic acids is 1. The van der Waals surface area contributed by atoms with Gasteiger partial charge in [-0.05, 0) is 17.7 Å². The molecule has 0 bridgehead atoms. The number of ether oxygens (including phenoxy) is 2. The first-order valence-electron chi connectivity index (χ1n) is 12.2. The number of carbonyl (C=O) groups is 1. The summed E-state index contributed by atoms with van der Waals surface area (Å²) in [5, 5.41) is 3.35. The number of methoxy groups -OCH3 is 2. The average Bonchev–Trinajstić information content (AvgIpc) is 2.95. The van der Waals surface area contributed by atoms with Crippen molar-refractivity contribution in [2.45, 2.75) is 6.54 Å². The van der Waals surface area contributed by atoms with Gasteiger partial charge >= 0.3 is 0 Å². The predicted molar refractivity (Wildman–Crippen MR) is 154 cm³/mol. The first kappa shape index (κ1) is 28.0. The lowest BCUT2D eigenvalue weighted by atomic mass is 9.99. The standard InChI is InChI=1S/C27H25Cl2N5O5S/c1-38-19-13-20(39-2)24(29)22(23(19)28)17-4-5-18(26-25(17)30-7-8-31-26)27(35)33-21-6-3-16(14-32-21)15-34-9-11-40(36,37)12-10-34/h3-8,13-14H,9-12,15H2,1-2H3,(H,32,33,35). The van der Waals surface area contributed by atoms with Gasteiger partial charge in [-0.25, -0.2) is 13.4 Å². The van der Waals surface area contributed by atoms with Crippen LogP contribution in [0.2, 0.25) is 10.0 Å². The molecule has 0 spiro atoms. The van der Waals surface area contributed by atoms with Gasteiger partial charge in [0.05, 0.1) is 46.9 Å². The molecule has 2 aromatic heterocycles. The van der Waals surface area contributed by atoms with E-state index in [1.54, 1.807) is 30.5 Å². The lowest BCUT2D eigenvalue weighted by Gasteiger charge is -2.26. The summed E-state index contributed by atoms with van der Waals surface area (Å²) in [7, 11) is 0.0430. The minimum Gasteiger partial charge on any atom is -0.495 e. The molecule has 0 radical (unpaired) electrons. The highest BCUT2D eigenvalue weighted by Crippen LogP contribution is 2.47. The van der Waals surface area contributed by atoms with Crippen LogP contribution in [0.4, 0.5) is 5.82 Å². The molecular weight excluding hydrogens is 577 g/mol. The molecule has 208 valence electrons. The van der Waals surface area contributed by atoms with Crippen molar-refractivity contribution in [3.63, 3.8) is 0 Å². The van der Waals surface area contributed by atoms with Crippen LogP contribution in [0.15, 0.2) is 48.9 Å². The molecule has 2 aromatic carbocycles. The quantitative estimate of drug-likeness (QED) is 0.326. The van der Waals surface area contributed by atoms with Crippen LogP contribution >= 0.6 is 23.2 Å². The summed E-state index contributed by atoms with van der Waals surface area (Å²) in [5.74, 6) is 1.01. The SMILES string of the molecule is COc1cc(OC)c(Cl)c(-c2ccc(C(=O)Nc3ccc(CN4CCS(=O)(=O)CC4)cn3)c3nccnc23)c1Cl. The molecule has 0 atom stereocenters.